The molecule has 0 spiro atoms. The summed E-state index contributed by atoms with van der Waals surface area (Å²) in [6.07, 6.45) is 2.59. The Kier molecular flexibility index (Phi) is 4.33. The Morgan fingerprint density at radius 1 is 1.33 bits per heavy atom. The van der Waals surface area contributed by atoms with Crippen molar-refractivity contribution in [3.63, 3.8) is 0 Å². The second kappa shape index (κ2) is 5.62. The van der Waals surface area contributed by atoms with Crippen molar-refractivity contribution in [3.05, 3.63) is 35.4 Å². The maximum Gasteiger partial charge on any atom is 0.150 e. The molecule has 0 amide bonds. The number of halogens is 1. The van der Waals surface area contributed by atoms with E-state index in [1.807, 2.05) is 12.1 Å². The topological polar surface area (TPSA) is 34.1 Å². The van der Waals surface area contributed by atoms with Crippen LogP contribution in [0.25, 0.3) is 0 Å². The van der Waals surface area contributed by atoms with Gasteiger partial charge < -0.3 is 0 Å². The molecule has 18 heavy (non-hydrogen) atoms. The van der Waals surface area contributed by atoms with Crippen LogP contribution in [0.15, 0.2) is 24.3 Å². The van der Waals surface area contributed by atoms with Gasteiger partial charge in [-0.1, -0.05) is 31.2 Å². The third-order valence-corrected chi connectivity index (χ3v) is 6.10. The molecule has 1 aromatic carbocycles. The molecule has 2 unspecified atom stereocenters. The van der Waals surface area contributed by atoms with Crippen LogP contribution in [0, 0.1) is 5.92 Å². The molecule has 2 nitrogen and oxygen atoms in total. The molecule has 0 saturated heterocycles. The first-order valence-electron chi connectivity index (χ1n) is 6.46. The van der Waals surface area contributed by atoms with Gasteiger partial charge in [0.25, 0.3) is 0 Å². The van der Waals surface area contributed by atoms with Crippen molar-refractivity contribution < 1.29 is 8.42 Å². The quantitative estimate of drug-likeness (QED) is 0.778. The maximum atomic E-state index is 11.4. The van der Waals surface area contributed by atoms with Crippen LogP contribution in [0.5, 0.6) is 0 Å². The van der Waals surface area contributed by atoms with Crippen molar-refractivity contribution in [1.82, 2.24) is 0 Å². The van der Waals surface area contributed by atoms with Crippen molar-refractivity contribution in [2.24, 2.45) is 5.92 Å². The summed E-state index contributed by atoms with van der Waals surface area (Å²) in [5.41, 5.74) is 2.54. The zero-order valence-electron chi connectivity index (χ0n) is 10.6. The first-order valence-corrected chi connectivity index (χ1v) is 8.71. The Hall–Kier alpha value is -0.540. The van der Waals surface area contributed by atoms with E-state index in [-0.39, 0.29) is 11.1 Å². The average molecular weight is 287 g/mol. The van der Waals surface area contributed by atoms with Crippen LogP contribution in [-0.2, 0) is 16.3 Å². The second-order valence-corrected chi connectivity index (χ2v) is 7.89. The van der Waals surface area contributed by atoms with E-state index in [2.05, 4.69) is 12.1 Å². The molecule has 100 valence electrons. The number of hydrogen-bond donors (Lipinski definition) is 0. The smallest absolute Gasteiger partial charge is 0.150 e. The van der Waals surface area contributed by atoms with Crippen molar-refractivity contribution in [1.29, 1.82) is 0 Å². The Morgan fingerprint density at radius 3 is 2.72 bits per heavy atom. The van der Waals surface area contributed by atoms with E-state index in [1.54, 1.807) is 6.92 Å². The summed E-state index contributed by atoms with van der Waals surface area (Å²) in [6.45, 7) is 1.70. The van der Waals surface area contributed by atoms with Gasteiger partial charge in [0.2, 0.25) is 0 Å². The highest BCUT2D eigenvalue weighted by molar-refractivity contribution is 7.91. The molecule has 0 aromatic heterocycles. The first kappa shape index (κ1) is 13.9. The Bertz CT molecular complexity index is 510. The third kappa shape index (κ3) is 3.07. The molecule has 0 saturated carbocycles. The molecule has 2 atom stereocenters. The molecule has 4 heteroatoms. The Morgan fingerprint density at radius 2 is 2.06 bits per heavy atom. The maximum absolute atomic E-state index is 11.4. The summed E-state index contributed by atoms with van der Waals surface area (Å²) < 4.78 is 22.9. The van der Waals surface area contributed by atoms with Gasteiger partial charge in [0, 0.05) is 5.75 Å². The summed E-state index contributed by atoms with van der Waals surface area (Å²) >= 11 is 6.44. The van der Waals surface area contributed by atoms with E-state index < -0.39 is 9.84 Å². The number of benzene rings is 1. The highest BCUT2D eigenvalue weighted by Crippen LogP contribution is 2.42. The Balaban J connectivity index is 1.91. The molecule has 1 aromatic rings. The van der Waals surface area contributed by atoms with Gasteiger partial charge in [-0.2, -0.15) is 0 Å². The second-order valence-electron chi connectivity index (χ2n) is 4.94. The predicted octanol–water partition coefficient (Wildman–Crippen LogP) is 3.35. The van der Waals surface area contributed by atoms with Crippen LogP contribution < -0.4 is 0 Å². The predicted molar refractivity (Wildman–Crippen MR) is 75.8 cm³/mol. The van der Waals surface area contributed by atoms with E-state index in [0.29, 0.717) is 11.7 Å². The van der Waals surface area contributed by atoms with Crippen LogP contribution in [-0.4, -0.2) is 19.9 Å². The number of hydrogen-bond acceptors (Lipinski definition) is 2. The lowest BCUT2D eigenvalue weighted by Crippen LogP contribution is -2.11. The van der Waals surface area contributed by atoms with Gasteiger partial charge in [0.15, 0.2) is 0 Å². The van der Waals surface area contributed by atoms with Crippen molar-refractivity contribution >= 4 is 21.4 Å². The number of fused-ring (bicyclic) bond motifs is 1. The molecule has 1 aliphatic carbocycles. The summed E-state index contributed by atoms with van der Waals surface area (Å²) in [4.78, 5) is 0. The van der Waals surface area contributed by atoms with E-state index in [1.165, 1.54) is 11.1 Å². The van der Waals surface area contributed by atoms with Crippen molar-refractivity contribution in [2.75, 3.05) is 11.5 Å². The van der Waals surface area contributed by atoms with Crippen LogP contribution in [0.3, 0.4) is 0 Å². The summed E-state index contributed by atoms with van der Waals surface area (Å²) in [5, 5.41) is 0.0468. The lowest BCUT2D eigenvalue weighted by Gasteiger charge is -2.13. The highest BCUT2D eigenvalue weighted by Gasteiger charge is 2.30. The van der Waals surface area contributed by atoms with E-state index in [0.717, 1.165) is 19.3 Å². The molecule has 0 heterocycles. The van der Waals surface area contributed by atoms with Crippen LogP contribution in [0.1, 0.15) is 36.3 Å². The third-order valence-electron chi connectivity index (χ3n) is 3.72. The van der Waals surface area contributed by atoms with E-state index >= 15 is 0 Å². The molecular weight excluding hydrogens is 268 g/mol. The molecule has 2 rings (SSSR count). The lowest BCUT2D eigenvalue weighted by atomic mass is 10.0. The summed E-state index contributed by atoms with van der Waals surface area (Å²) in [5.74, 6) is 0.915. The minimum absolute atomic E-state index is 0.0468. The molecule has 0 radical (unpaired) electrons. The van der Waals surface area contributed by atoms with Gasteiger partial charge in [-0.25, -0.2) is 8.42 Å². The van der Waals surface area contributed by atoms with Gasteiger partial charge in [0.1, 0.15) is 9.84 Å². The summed E-state index contributed by atoms with van der Waals surface area (Å²) in [7, 11) is -2.84. The fraction of sp³-hybridized carbons (Fsp3) is 0.571. The van der Waals surface area contributed by atoms with Gasteiger partial charge in [-0.15, -0.1) is 11.6 Å². The van der Waals surface area contributed by atoms with Crippen molar-refractivity contribution in [2.45, 2.75) is 31.6 Å². The van der Waals surface area contributed by atoms with Crippen LogP contribution in [0.2, 0.25) is 0 Å². The molecule has 0 fully saturated rings. The van der Waals surface area contributed by atoms with Crippen LogP contribution in [0.4, 0.5) is 0 Å². The highest BCUT2D eigenvalue weighted by atomic mass is 35.5. The normalized spacial score (nSPS) is 23.0. The van der Waals surface area contributed by atoms with Crippen LogP contribution >= 0.6 is 11.6 Å². The number of alkyl halides is 1. The van der Waals surface area contributed by atoms with Crippen molar-refractivity contribution in [3.8, 4) is 0 Å². The van der Waals surface area contributed by atoms with Gasteiger partial charge in [0.05, 0.1) is 11.1 Å². The standard InChI is InChI=1S/C14H19ClO2S/c1-2-18(16,17)9-5-7-12-10-11-6-3-4-8-13(11)14(12)15/h3-4,6,8,12,14H,2,5,7,9-10H2,1H3. The fourth-order valence-corrected chi connectivity index (χ4v) is 3.91. The minimum atomic E-state index is -2.84. The van der Waals surface area contributed by atoms with E-state index in [4.69, 9.17) is 11.6 Å². The molecule has 0 bridgehead atoms. The fourth-order valence-electron chi connectivity index (χ4n) is 2.59. The van der Waals surface area contributed by atoms with Gasteiger partial charge in [-0.3, -0.25) is 0 Å². The zero-order chi connectivity index (χ0) is 13.2. The minimum Gasteiger partial charge on any atom is -0.229 e. The SMILES string of the molecule is CCS(=O)(=O)CCCC1Cc2ccccc2C1Cl. The Labute approximate surface area is 114 Å². The first-order chi connectivity index (χ1) is 8.53. The van der Waals surface area contributed by atoms with Gasteiger partial charge >= 0.3 is 0 Å². The lowest BCUT2D eigenvalue weighted by molar-refractivity contribution is 0.492. The average Bonchev–Trinajstić information content (AvgIpc) is 2.67. The largest absolute Gasteiger partial charge is 0.229 e. The van der Waals surface area contributed by atoms with Gasteiger partial charge in [-0.05, 0) is 36.3 Å². The van der Waals surface area contributed by atoms with E-state index in [9.17, 15) is 8.42 Å². The molecule has 0 N–H and O–H groups in total. The number of sulfone groups is 1. The molecule has 0 aliphatic heterocycles. The summed E-state index contributed by atoms with van der Waals surface area (Å²) in [6, 6.07) is 8.24. The zero-order valence-corrected chi connectivity index (χ0v) is 12.2. The molecule has 1 aliphatic rings. The molecular formula is C14H19ClO2S. The monoisotopic (exact) mass is 286 g/mol. The number of rotatable bonds is 5.